The number of carbonyl (C=O) groups excluding carboxylic acids is 4. The molecule has 14 heteroatoms. The first-order chi connectivity index (χ1) is 29.1. The summed E-state index contributed by atoms with van der Waals surface area (Å²) in [6.45, 7) is 5.43. The van der Waals surface area contributed by atoms with Crippen molar-refractivity contribution in [2.24, 2.45) is 34.2 Å². The van der Waals surface area contributed by atoms with Gasteiger partial charge in [-0.25, -0.2) is 4.79 Å². The van der Waals surface area contributed by atoms with E-state index in [9.17, 15) is 19.2 Å². The van der Waals surface area contributed by atoms with E-state index < -0.39 is 5.91 Å². The monoisotopic (exact) mass is 815 g/mol. The molecule has 0 spiro atoms. The average molecular weight is 816 g/mol. The number of ether oxygens (including phenoxy) is 1. The number of rotatable bonds is 12. The largest absolute Gasteiger partial charge is 0.457 e. The molecule has 0 bridgehead atoms. The summed E-state index contributed by atoms with van der Waals surface area (Å²) in [7, 11) is 2.21. The molecule has 0 radical (unpaired) electrons. The average Bonchev–Trinajstić information content (AvgIpc) is 3.24. The van der Waals surface area contributed by atoms with Crippen LogP contribution in [0, 0.1) is 17.8 Å². The van der Waals surface area contributed by atoms with Crippen molar-refractivity contribution < 1.29 is 23.9 Å². The van der Waals surface area contributed by atoms with E-state index >= 15 is 0 Å². The lowest BCUT2D eigenvalue weighted by Gasteiger charge is -2.45. The van der Waals surface area contributed by atoms with Gasteiger partial charge >= 0.3 is 6.03 Å². The van der Waals surface area contributed by atoms with E-state index in [0.717, 1.165) is 94.8 Å². The van der Waals surface area contributed by atoms with E-state index in [1.807, 2.05) is 66.7 Å². The summed E-state index contributed by atoms with van der Waals surface area (Å²) < 4.78 is 5.91. The minimum atomic E-state index is -0.635. The van der Waals surface area contributed by atoms with Crippen LogP contribution in [0.5, 0.6) is 11.5 Å². The molecule has 4 heterocycles. The maximum atomic E-state index is 13.6. The highest BCUT2D eigenvalue weighted by atomic mass is 16.5. The number of amidine groups is 1. The second-order valence-electron chi connectivity index (χ2n) is 17.0. The number of anilines is 2. The predicted molar refractivity (Wildman–Crippen MR) is 232 cm³/mol. The molecule has 4 aliphatic heterocycles. The molecule has 3 aromatic carbocycles. The number of nitrogens with two attached hydrogens (primary N) is 2. The van der Waals surface area contributed by atoms with Gasteiger partial charge in [-0.3, -0.25) is 29.6 Å². The Kier molecular flexibility index (Phi) is 12.4. The van der Waals surface area contributed by atoms with E-state index in [4.69, 9.17) is 21.2 Å². The van der Waals surface area contributed by atoms with Crippen LogP contribution in [0.4, 0.5) is 16.2 Å². The minimum absolute atomic E-state index is 0.0110. The van der Waals surface area contributed by atoms with Gasteiger partial charge in [-0.1, -0.05) is 24.3 Å². The van der Waals surface area contributed by atoms with Gasteiger partial charge in [0.05, 0.1) is 11.7 Å². The first-order valence-corrected chi connectivity index (χ1v) is 21.5. The Morgan fingerprint density at radius 3 is 2.23 bits per heavy atom. The SMILES string of the molecule is CN(CC1CCN(c2cccc(N3CCC(=O)NC3=O)c2)CC1)C1CC(C(=O)N2CCC([C@@H]3CCNC(C(C(N)=O)=C(N)c4ccc(Oc5ccccc5)cc4)=N3)CC2)C1. The number of imide groups is 1. The Morgan fingerprint density at radius 2 is 1.53 bits per heavy atom. The molecule has 60 heavy (non-hydrogen) atoms. The number of nitrogens with one attached hydrogen (secondary N) is 2. The molecule has 5 amide bonds. The maximum Gasteiger partial charge on any atom is 0.328 e. The highest BCUT2D eigenvalue weighted by molar-refractivity contribution is 6.25. The van der Waals surface area contributed by atoms with Gasteiger partial charge in [0.1, 0.15) is 22.9 Å². The number of para-hydroxylation sites is 1. The zero-order chi connectivity index (χ0) is 41.8. The summed E-state index contributed by atoms with van der Waals surface area (Å²) in [4.78, 5) is 64.0. The number of carbonyl (C=O) groups is 4. The Hall–Kier alpha value is -5.89. The van der Waals surface area contributed by atoms with Crippen LogP contribution in [-0.2, 0) is 14.4 Å². The second-order valence-corrected chi connectivity index (χ2v) is 17.0. The van der Waals surface area contributed by atoms with Crippen LogP contribution in [0.1, 0.15) is 56.9 Å². The predicted octanol–water partition coefficient (Wildman–Crippen LogP) is 4.71. The molecule has 6 N–H and O–H groups in total. The van der Waals surface area contributed by atoms with Crippen molar-refractivity contribution in [3.63, 3.8) is 0 Å². The number of aliphatic imine (C=N–C) groups is 1. The maximum absolute atomic E-state index is 13.6. The van der Waals surface area contributed by atoms with E-state index in [1.54, 1.807) is 4.90 Å². The van der Waals surface area contributed by atoms with Gasteiger partial charge in [0.25, 0.3) is 5.91 Å². The molecule has 3 saturated heterocycles. The Morgan fingerprint density at radius 1 is 0.833 bits per heavy atom. The number of piperidine rings is 2. The minimum Gasteiger partial charge on any atom is -0.457 e. The van der Waals surface area contributed by atoms with Gasteiger partial charge in [-0.15, -0.1) is 0 Å². The van der Waals surface area contributed by atoms with E-state index in [2.05, 4.69) is 44.5 Å². The molecule has 316 valence electrons. The van der Waals surface area contributed by atoms with Gasteiger partial charge < -0.3 is 36.2 Å². The molecule has 1 atom stereocenters. The molecule has 4 fully saturated rings. The number of nitrogens with zero attached hydrogens (tertiary/aromatic N) is 5. The fourth-order valence-corrected chi connectivity index (χ4v) is 9.47. The van der Waals surface area contributed by atoms with Gasteiger partial charge in [0.15, 0.2) is 0 Å². The molecule has 0 aromatic heterocycles. The molecule has 0 unspecified atom stereocenters. The van der Waals surface area contributed by atoms with Crippen molar-refractivity contribution in [2.45, 2.75) is 63.5 Å². The molecule has 1 aliphatic carbocycles. The third-order valence-electron chi connectivity index (χ3n) is 13.1. The van der Waals surface area contributed by atoms with Gasteiger partial charge in [0.2, 0.25) is 11.8 Å². The van der Waals surface area contributed by atoms with Crippen LogP contribution in [0.15, 0.2) is 89.4 Å². The lowest BCUT2D eigenvalue weighted by atomic mass is 9.77. The van der Waals surface area contributed by atoms with Crippen LogP contribution >= 0.6 is 0 Å². The molecular weight excluding hydrogens is 759 g/mol. The Bertz CT molecular complexity index is 2100. The normalized spacial score (nSPS) is 23.3. The highest BCUT2D eigenvalue weighted by Gasteiger charge is 2.41. The van der Waals surface area contributed by atoms with Gasteiger partial charge in [-0.05, 0) is 124 Å². The third kappa shape index (κ3) is 9.28. The summed E-state index contributed by atoms with van der Waals surface area (Å²) >= 11 is 0. The van der Waals surface area contributed by atoms with E-state index in [1.165, 1.54) is 0 Å². The van der Waals surface area contributed by atoms with Crippen LogP contribution in [0.25, 0.3) is 5.70 Å². The summed E-state index contributed by atoms with van der Waals surface area (Å²) in [5.41, 5.74) is 15.5. The number of benzene rings is 3. The molecule has 14 nitrogen and oxygen atoms in total. The quantitative estimate of drug-likeness (QED) is 0.189. The topological polar surface area (TPSA) is 179 Å². The number of likely N-dealkylation sites (tertiary alicyclic amines) is 1. The zero-order valence-electron chi connectivity index (χ0n) is 34.4. The Labute approximate surface area is 352 Å². The fourth-order valence-electron chi connectivity index (χ4n) is 9.47. The lowest BCUT2D eigenvalue weighted by molar-refractivity contribution is -0.142. The lowest BCUT2D eigenvalue weighted by Crippen LogP contribution is -2.52. The fraction of sp³-hybridized carbons (Fsp3) is 0.457. The summed E-state index contributed by atoms with van der Waals surface area (Å²) in [6, 6.07) is 24.9. The van der Waals surface area contributed by atoms with Crippen molar-refractivity contribution in [3.05, 3.63) is 90.0 Å². The van der Waals surface area contributed by atoms with Gasteiger partial charge in [0, 0.05) is 75.6 Å². The van der Waals surface area contributed by atoms with Crippen LogP contribution < -0.4 is 36.6 Å². The number of hydrogen-bond acceptors (Lipinski definition) is 10. The van der Waals surface area contributed by atoms with Crippen molar-refractivity contribution >= 4 is 46.7 Å². The van der Waals surface area contributed by atoms with Crippen molar-refractivity contribution in [1.82, 2.24) is 20.4 Å². The summed E-state index contributed by atoms with van der Waals surface area (Å²) in [5.74, 6) is 2.21. The molecular formula is C46H57N9O5. The van der Waals surface area contributed by atoms with E-state index in [0.29, 0.717) is 54.5 Å². The third-order valence-corrected chi connectivity index (χ3v) is 13.1. The summed E-state index contributed by atoms with van der Waals surface area (Å²) in [6.07, 6.45) is 6.88. The van der Waals surface area contributed by atoms with Crippen LogP contribution in [-0.4, -0.2) is 104 Å². The molecule has 5 aliphatic rings. The highest BCUT2D eigenvalue weighted by Crippen LogP contribution is 2.36. The van der Waals surface area contributed by atoms with Crippen molar-refractivity contribution in [3.8, 4) is 11.5 Å². The van der Waals surface area contributed by atoms with Crippen LogP contribution in [0.2, 0.25) is 0 Å². The van der Waals surface area contributed by atoms with E-state index in [-0.39, 0.29) is 41.1 Å². The van der Waals surface area contributed by atoms with Crippen molar-refractivity contribution in [1.29, 1.82) is 0 Å². The van der Waals surface area contributed by atoms with Crippen molar-refractivity contribution in [2.75, 3.05) is 62.7 Å². The zero-order valence-corrected chi connectivity index (χ0v) is 34.4. The Balaban J connectivity index is 0.782. The second kappa shape index (κ2) is 18.2. The molecule has 3 aromatic rings. The molecule has 8 rings (SSSR count). The number of amides is 5. The first-order valence-electron chi connectivity index (χ1n) is 21.5. The number of urea groups is 1. The first kappa shape index (κ1) is 40.9. The number of primary amides is 1. The van der Waals surface area contributed by atoms with Crippen LogP contribution in [0.3, 0.4) is 0 Å². The smallest absolute Gasteiger partial charge is 0.328 e. The van der Waals surface area contributed by atoms with Gasteiger partial charge in [-0.2, -0.15) is 0 Å². The molecule has 1 saturated carbocycles. The summed E-state index contributed by atoms with van der Waals surface area (Å²) in [5, 5.41) is 5.69. The standard InChI is InChI=1S/C46H57N9O5/c1-52(29-30-15-21-53(22-16-30)34-6-5-7-35(28-34)55-25-19-40(56)51-46(55)59)36-26-33(27-36)45(58)54-23-17-31(18-24-54)39-14-20-49-44(50-39)41(43(48)57)42(47)32-10-12-38(13-11-32)60-37-8-3-2-4-9-37/h2-13,28,30-31,33,36,39H,14-27,29,47H2,1H3,(H2,48,57)(H,49,50)(H,51,56,59)/t33?,36?,39-/m0/s1. The number of hydrogen-bond donors (Lipinski definition) is 4.